The summed E-state index contributed by atoms with van der Waals surface area (Å²) in [4.78, 5) is 2.40. The van der Waals surface area contributed by atoms with Crippen LogP contribution in [0.25, 0.3) is 44.1 Å². The smallest absolute Gasteiger partial charge is 0.0635 e. The van der Waals surface area contributed by atoms with E-state index >= 15 is 0 Å². The standard InChI is InChI=1S/C46H43N3/c1-45(2,3)32-17-21-36(22-18-32)48(37-23-19-33(20-24-37)46(4,5)6)38-25-27-43-41(31-38)39-26-28-42-40(29-30-47(42)34-13-9-7-10-14-34)44(39)49(43)35-15-11-8-12-16-35/h7-31H,1-6H3. The molecule has 0 saturated carbocycles. The Balaban J connectivity index is 1.37. The molecule has 2 heterocycles. The quantitative estimate of drug-likeness (QED) is 0.183. The van der Waals surface area contributed by atoms with E-state index in [0.29, 0.717) is 0 Å². The number of anilines is 3. The molecular weight excluding hydrogens is 595 g/mol. The van der Waals surface area contributed by atoms with Crippen molar-refractivity contribution >= 4 is 49.8 Å². The Kier molecular flexibility index (Phi) is 7.26. The molecule has 0 fully saturated rings. The van der Waals surface area contributed by atoms with E-state index in [1.165, 1.54) is 43.8 Å². The molecule has 0 N–H and O–H groups in total. The van der Waals surface area contributed by atoms with Crippen molar-refractivity contribution in [3.63, 3.8) is 0 Å². The Hall–Kier alpha value is -5.54. The zero-order valence-corrected chi connectivity index (χ0v) is 29.3. The van der Waals surface area contributed by atoms with Gasteiger partial charge in [-0.2, -0.15) is 0 Å². The zero-order chi connectivity index (χ0) is 33.9. The maximum Gasteiger partial charge on any atom is 0.0635 e. The van der Waals surface area contributed by atoms with E-state index in [0.717, 1.165) is 28.4 Å². The Morgan fingerprint density at radius 3 is 1.49 bits per heavy atom. The molecule has 0 bridgehead atoms. The molecule has 49 heavy (non-hydrogen) atoms. The lowest BCUT2D eigenvalue weighted by Gasteiger charge is -2.28. The lowest BCUT2D eigenvalue weighted by Crippen LogP contribution is -2.14. The molecule has 0 saturated heterocycles. The van der Waals surface area contributed by atoms with E-state index in [9.17, 15) is 0 Å². The predicted molar refractivity (Wildman–Crippen MR) is 210 cm³/mol. The molecule has 2 aromatic heterocycles. The number of nitrogens with zero attached hydrogens (tertiary/aromatic N) is 3. The van der Waals surface area contributed by atoms with E-state index in [2.05, 4.69) is 207 Å². The van der Waals surface area contributed by atoms with Crippen molar-refractivity contribution in [2.75, 3.05) is 4.90 Å². The minimum Gasteiger partial charge on any atom is -0.316 e. The van der Waals surface area contributed by atoms with Crippen molar-refractivity contribution in [2.24, 2.45) is 0 Å². The molecule has 242 valence electrons. The van der Waals surface area contributed by atoms with Crippen LogP contribution in [0.15, 0.2) is 152 Å². The van der Waals surface area contributed by atoms with Gasteiger partial charge in [0.15, 0.2) is 0 Å². The van der Waals surface area contributed by atoms with Crippen molar-refractivity contribution in [2.45, 2.75) is 52.4 Å². The van der Waals surface area contributed by atoms with Crippen molar-refractivity contribution in [3.8, 4) is 11.4 Å². The minimum atomic E-state index is 0.0840. The minimum absolute atomic E-state index is 0.0840. The second-order valence-corrected chi connectivity index (χ2v) is 15.2. The summed E-state index contributed by atoms with van der Waals surface area (Å²) in [5, 5.41) is 3.70. The first-order valence-electron chi connectivity index (χ1n) is 17.3. The Labute approximate surface area is 289 Å². The lowest BCUT2D eigenvalue weighted by atomic mass is 9.86. The Morgan fingerprint density at radius 1 is 0.429 bits per heavy atom. The molecule has 6 aromatic carbocycles. The summed E-state index contributed by atoms with van der Waals surface area (Å²) in [5.41, 5.74) is 12.2. The first kappa shape index (κ1) is 30.8. The van der Waals surface area contributed by atoms with Crippen molar-refractivity contribution in [3.05, 3.63) is 163 Å². The molecule has 8 aromatic rings. The molecule has 0 unspecified atom stereocenters. The second kappa shape index (κ2) is 11.6. The Morgan fingerprint density at radius 2 is 0.939 bits per heavy atom. The fourth-order valence-corrected chi connectivity index (χ4v) is 7.18. The van der Waals surface area contributed by atoms with Crippen LogP contribution in [0, 0.1) is 0 Å². The molecule has 0 spiro atoms. The van der Waals surface area contributed by atoms with E-state index in [1.807, 2.05) is 0 Å². The molecular formula is C46H43N3. The third-order valence-electron chi connectivity index (χ3n) is 9.87. The zero-order valence-electron chi connectivity index (χ0n) is 29.3. The van der Waals surface area contributed by atoms with E-state index in [-0.39, 0.29) is 10.8 Å². The maximum atomic E-state index is 2.44. The van der Waals surface area contributed by atoms with Gasteiger partial charge in [0.05, 0.1) is 16.6 Å². The van der Waals surface area contributed by atoms with Crippen molar-refractivity contribution in [1.29, 1.82) is 0 Å². The van der Waals surface area contributed by atoms with Gasteiger partial charge in [0, 0.05) is 50.8 Å². The van der Waals surface area contributed by atoms with Gasteiger partial charge >= 0.3 is 0 Å². The molecule has 0 aliphatic heterocycles. The van der Waals surface area contributed by atoms with E-state index in [1.54, 1.807) is 0 Å². The van der Waals surface area contributed by atoms with Gasteiger partial charge in [0.1, 0.15) is 0 Å². The molecule has 0 aliphatic carbocycles. The Bertz CT molecular complexity index is 2360. The predicted octanol–water partition coefficient (Wildman–Crippen LogP) is 12.8. The normalized spacial score (nSPS) is 12.3. The molecule has 3 heteroatoms. The number of aromatic nitrogens is 2. The number of para-hydroxylation sites is 2. The summed E-state index contributed by atoms with van der Waals surface area (Å²) in [6.07, 6.45) is 2.20. The van der Waals surface area contributed by atoms with Gasteiger partial charge in [0.25, 0.3) is 0 Å². The number of hydrogen-bond acceptors (Lipinski definition) is 1. The number of fused-ring (bicyclic) bond motifs is 5. The van der Waals surface area contributed by atoms with Crippen LogP contribution >= 0.6 is 0 Å². The number of hydrogen-bond donors (Lipinski definition) is 0. The molecule has 3 nitrogen and oxygen atoms in total. The molecule has 0 amide bonds. The SMILES string of the molecule is CC(C)(C)c1ccc(N(c2ccc(C(C)(C)C)cc2)c2ccc3c(c2)c2ccc4c(ccn4-c4ccccc4)c2n3-c2ccccc2)cc1. The number of rotatable bonds is 5. The summed E-state index contributed by atoms with van der Waals surface area (Å²) in [6, 6.07) is 53.4. The van der Waals surface area contributed by atoms with Crippen molar-refractivity contribution < 1.29 is 0 Å². The van der Waals surface area contributed by atoms with Crippen LogP contribution in [0.2, 0.25) is 0 Å². The average molecular weight is 638 g/mol. The highest BCUT2D eigenvalue weighted by molar-refractivity contribution is 6.19. The molecule has 0 aliphatic rings. The summed E-state index contributed by atoms with van der Waals surface area (Å²) in [6.45, 7) is 13.6. The lowest BCUT2D eigenvalue weighted by molar-refractivity contribution is 0.590. The highest BCUT2D eigenvalue weighted by Crippen LogP contribution is 2.42. The fraction of sp³-hybridized carbons (Fsp3) is 0.174. The van der Waals surface area contributed by atoms with E-state index < -0.39 is 0 Å². The second-order valence-electron chi connectivity index (χ2n) is 15.2. The largest absolute Gasteiger partial charge is 0.316 e. The first-order valence-corrected chi connectivity index (χ1v) is 17.3. The monoisotopic (exact) mass is 637 g/mol. The van der Waals surface area contributed by atoms with Gasteiger partial charge in [-0.25, -0.2) is 0 Å². The summed E-state index contributed by atoms with van der Waals surface area (Å²) >= 11 is 0. The van der Waals surface area contributed by atoms with Crippen LogP contribution in [0.1, 0.15) is 52.7 Å². The van der Waals surface area contributed by atoms with Gasteiger partial charge in [-0.15, -0.1) is 0 Å². The maximum absolute atomic E-state index is 2.44. The third-order valence-corrected chi connectivity index (χ3v) is 9.87. The third kappa shape index (κ3) is 5.40. The fourth-order valence-electron chi connectivity index (χ4n) is 7.18. The van der Waals surface area contributed by atoms with Crippen LogP contribution in [0.5, 0.6) is 0 Å². The molecule has 0 radical (unpaired) electrons. The van der Waals surface area contributed by atoms with Crippen LogP contribution in [-0.4, -0.2) is 9.13 Å². The highest BCUT2D eigenvalue weighted by Gasteiger charge is 2.22. The molecule has 0 atom stereocenters. The number of benzene rings is 6. The summed E-state index contributed by atoms with van der Waals surface area (Å²) < 4.78 is 4.73. The van der Waals surface area contributed by atoms with Gasteiger partial charge in [-0.1, -0.05) is 108 Å². The highest BCUT2D eigenvalue weighted by atomic mass is 15.1. The van der Waals surface area contributed by atoms with Crippen LogP contribution in [0.3, 0.4) is 0 Å². The summed E-state index contributed by atoms with van der Waals surface area (Å²) in [5.74, 6) is 0. The van der Waals surface area contributed by atoms with Gasteiger partial charge in [0.2, 0.25) is 0 Å². The van der Waals surface area contributed by atoms with Gasteiger partial charge in [-0.05, 0) is 101 Å². The molecule has 8 rings (SSSR count). The van der Waals surface area contributed by atoms with Gasteiger partial charge < -0.3 is 14.0 Å². The van der Waals surface area contributed by atoms with Crippen LogP contribution in [-0.2, 0) is 10.8 Å². The first-order chi connectivity index (χ1) is 23.6. The summed E-state index contributed by atoms with van der Waals surface area (Å²) in [7, 11) is 0. The van der Waals surface area contributed by atoms with Crippen molar-refractivity contribution in [1.82, 2.24) is 9.13 Å². The van der Waals surface area contributed by atoms with E-state index in [4.69, 9.17) is 0 Å². The van der Waals surface area contributed by atoms with Crippen LogP contribution < -0.4 is 4.90 Å². The van der Waals surface area contributed by atoms with Crippen LogP contribution in [0.4, 0.5) is 17.1 Å². The average Bonchev–Trinajstić information content (AvgIpc) is 3.68. The topological polar surface area (TPSA) is 13.1 Å². The van der Waals surface area contributed by atoms with Gasteiger partial charge in [-0.3, -0.25) is 0 Å².